The van der Waals surface area contributed by atoms with Crippen LogP contribution in [0.1, 0.15) is 31.4 Å². The first-order valence-corrected chi connectivity index (χ1v) is 7.75. The molecule has 1 aliphatic rings. The average Bonchev–Trinajstić information content (AvgIpc) is 2.76. The Morgan fingerprint density at radius 1 is 1.50 bits per heavy atom. The van der Waals surface area contributed by atoms with E-state index in [2.05, 4.69) is 14.9 Å². The quantitative estimate of drug-likeness (QED) is 0.743. The van der Waals surface area contributed by atoms with Gasteiger partial charge in [0, 0.05) is 6.04 Å². The molecule has 0 saturated heterocycles. The van der Waals surface area contributed by atoms with Gasteiger partial charge in [-0.1, -0.05) is 12.8 Å². The van der Waals surface area contributed by atoms with E-state index in [4.69, 9.17) is 5.73 Å². The molecule has 4 N–H and O–H groups in total. The van der Waals surface area contributed by atoms with E-state index in [0.29, 0.717) is 12.2 Å². The topological polar surface area (TPSA) is 101 Å². The molecule has 18 heavy (non-hydrogen) atoms. The van der Waals surface area contributed by atoms with Crippen LogP contribution in [0.4, 0.5) is 0 Å². The van der Waals surface area contributed by atoms with Crippen LogP contribution in [0.5, 0.6) is 0 Å². The van der Waals surface area contributed by atoms with Gasteiger partial charge in [-0.3, -0.25) is 5.10 Å². The molecule has 0 unspecified atom stereocenters. The van der Waals surface area contributed by atoms with E-state index in [1.807, 2.05) is 0 Å². The van der Waals surface area contributed by atoms with Gasteiger partial charge in [0.1, 0.15) is 4.90 Å². The number of nitrogens with two attached hydrogens (primary N) is 1. The summed E-state index contributed by atoms with van der Waals surface area (Å²) in [6.45, 7) is 2.22. The van der Waals surface area contributed by atoms with Crippen molar-refractivity contribution >= 4 is 10.0 Å². The first-order chi connectivity index (χ1) is 8.54. The van der Waals surface area contributed by atoms with Crippen molar-refractivity contribution in [3.05, 3.63) is 11.9 Å². The van der Waals surface area contributed by atoms with Crippen LogP contribution >= 0.6 is 0 Å². The Kier molecular flexibility index (Phi) is 4.04. The first-order valence-electron chi connectivity index (χ1n) is 6.27. The molecule has 1 saturated carbocycles. The number of hydrogen-bond acceptors (Lipinski definition) is 4. The molecule has 1 heterocycles. The van der Waals surface area contributed by atoms with Crippen LogP contribution in [0.2, 0.25) is 0 Å². The highest BCUT2D eigenvalue weighted by Crippen LogP contribution is 2.25. The molecular weight excluding hydrogens is 252 g/mol. The Bertz CT molecular complexity index is 497. The molecule has 0 aliphatic heterocycles. The number of H-pyrrole nitrogens is 1. The van der Waals surface area contributed by atoms with E-state index in [0.717, 1.165) is 25.7 Å². The summed E-state index contributed by atoms with van der Waals surface area (Å²) in [6.07, 6.45) is 5.38. The maximum Gasteiger partial charge on any atom is 0.244 e. The fourth-order valence-electron chi connectivity index (χ4n) is 2.52. The van der Waals surface area contributed by atoms with Crippen LogP contribution in [0.25, 0.3) is 0 Å². The third kappa shape index (κ3) is 2.73. The van der Waals surface area contributed by atoms with Crippen LogP contribution in [0.3, 0.4) is 0 Å². The minimum Gasteiger partial charge on any atom is -0.330 e. The summed E-state index contributed by atoms with van der Waals surface area (Å²) >= 11 is 0. The number of sulfonamides is 1. The monoisotopic (exact) mass is 272 g/mol. The zero-order chi connectivity index (χ0) is 13.2. The molecule has 7 heteroatoms. The lowest BCUT2D eigenvalue weighted by Crippen LogP contribution is -2.44. The van der Waals surface area contributed by atoms with E-state index in [-0.39, 0.29) is 16.9 Å². The van der Waals surface area contributed by atoms with Crippen molar-refractivity contribution < 1.29 is 8.42 Å². The number of aromatic amines is 1. The molecular formula is C11H20N4O2S. The van der Waals surface area contributed by atoms with Gasteiger partial charge in [0.15, 0.2) is 0 Å². The standard InChI is InChI=1S/C11H20N4O2S/c1-8-11(7-13-14-8)18(16,17)15-10-5-3-2-4-9(10)6-12/h7,9-10,15H,2-6,12H2,1H3,(H,13,14)/t9-,10-/m0/s1. The molecule has 6 nitrogen and oxygen atoms in total. The molecule has 0 bridgehead atoms. The minimum absolute atomic E-state index is 0.0527. The molecule has 1 aromatic heterocycles. The Morgan fingerprint density at radius 2 is 2.22 bits per heavy atom. The normalized spacial score (nSPS) is 25.2. The predicted molar refractivity (Wildman–Crippen MR) is 68.4 cm³/mol. The van der Waals surface area contributed by atoms with Gasteiger partial charge in [0.05, 0.1) is 11.9 Å². The summed E-state index contributed by atoms with van der Waals surface area (Å²) in [7, 11) is -3.49. The summed E-state index contributed by atoms with van der Waals surface area (Å²) < 4.78 is 27.2. The molecule has 2 atom stereocenters. The summed E-state index contributed by atoms with van der Waals surface area (Å²) in [4.78, 5) is 0.226. The third-order valence-corrected chi connectivity index (χ3v) is 5.20. The second-order valence-corrected chi connectivity index (χ2v) is 6.55. The smallest absolute Gasteiger partial charge is 0.244 e. The Balaban J connectivity index is 2.15. The summed E-state index contributed by atoms with van der Waals surface area (Å²) in [5, 5.41) is 6.39. The van der Waals surface area contributed by atoms with Gasteiger partial charge in [-0.25, -0.2) is 13.1 Å². The summed E-state index contributed by atoms with van der Waals surface area (Å²) in [5.74, 6) is 0.237. The van der Waals surface area contributed by atoms with Gasteiger partial charge in [-0.2, -0.15) is 5.10 Å². The second-order valence-electron chi connectivity index (χ2n) is 4.87. The molecule has 1 aromatic rings. The van der Waals surface area contributed by atoms with Crippen molar-refractivity contribution in [2.24, 2.45) is 11.7 Å². The van der Waals surface area contributed by atoms with Crippen molar-refractivity contribution in [3.63, 3.8) is 0 Å². The minimum atomic E-state index is -3.49. The van der Waals surface area contributed by atoms with Gasteiger partial charge in [0.25, 0.3) is 0 Å². The SMILES string of the molecule is Cc1[nH]ncc1S(=O)(=O)N[C@H]1CCCC[C@H]1CN. The molecule has 0 radical (unpaired) electrons. The first kappa shape index (κ1) is 13.5. The number of nitrogens with one attached hydrogen (secondary N) is 2. The number of aromatic nitrogens is 2. The summed E-state index contributed by atoms with van der Waals surface area (Å²) in [6, 6.07) is -0.0527. The van der Waals surface area contributed by atoms with Gasteiger partial charge in [0.2, 0.25) is 10.0 Å². The maximum atomic E-state index is 12.2. The highest BCUT2D eigenvalue weighted by molar-refractivity contribution is 7.89. The van der Waals surface area contributed by atoms with Gasteiger partial charge >= 0.3 is 0 Å². The molecule has 0 spiro atoms. The number of rotatable bonds is 4. The highest BCUT2D eigenvalue weighted by Gasteiger charge is 2.29. The van der Waals surface area contributed by atoms with Crippen LogP contribution in [0.15, 0.2) is 11.1 Å². The molecule has 102 valence electrons. The number of aryl methyl sites for hydroxylation is 1. The van der Waals surface area contributed by atoms with E-state index < -0.39 is 10.0 Å². The van der Waals surface area contributed by atoms with Crippen LogP contribution in [0, 0.1) is 12.8 Å². The molecule has 2 rings (SSSR count). The number of nitrogens with zero attached hydrogens (tertiary/aromatic N) is 1. The van der Waals surface area contributed by atoms with Crippen LogP contribution in [-0.2, 0) is 10.0 Å². The molecule has 0 aromatic carbocycles. The van der Waals surface area contributed by atoms with Crippen molar-refractivity contribution in [2.45, 2.75) is 43.5 Å². The predicted octanol–water partition coefficient (Wildman–Crippen LogP) is 0.514. The Morgan fingerprint density at radius 3 is 2.83 bits per heavy atom. The fourth-order valence-corrected chi connectivity index (χ4v) is 3.99. The fraction of sp³-hybridized carbons (Fsp3) is 0.727. The van der Waals surface area contributed by atoms with Gasteiger partial charge in [-0.05, 0) is 32.2 Å². The van der Waals surface area contributed by atoms with E-state index >= 15 is 0 Å². The molecule has 0 amide bonds. The van der Waals surface area contributed by atoms with Crippen molar-refractivity contribution in [2.75, 3.05) is 6.54 Å². The largest absolute Gasteiger partial charge is 0.330 e. The van der Waals surface area contributed by atoms with Crippen LogP contribution in [-0.4, -0.2) is 31.2 Å². The van der Waals surface area contributed by atoms with E-state index in [1.165, 1.54) is 6.20 Å². The van der Waals surface area contributed by atoms with Gasteiger partial charge < -0.3 is 5.73 Å². The summed E-state index contributed by atoms with van der Waals surface area (Å²) in [5.41, 5.74) is 6.27. The zero-order valence-electron chi connectivity index (χ0n) is 10.5. The third-order valence-electron chi connectivity index (χ3n) is 3.59. The van der Waals surface area contributed by atoms with Crippen molar-refractivity contribution in [1.29, 1.82) is 0 Å². The van der Waals surface area contributed by atoms with Crippen LogP contribution < -0.4 is 10.5 Å². The van der Waals surface area contributed by atoms with Crippen molar-refractivity contribution in [1.82, 2.24) is 14.9 Å². The van der Waals surface area contributed by atoms with E-state index in [1.54, 1.807) is 6.92 Å². The Labute approximate surface area is 107 Å². The highest BCUT2D eigenvalue weighted by atomic mass is 32.2. The molecule has 1 aliphatic carbocycles. The molecule has 1 fully saturated rings. The van der Waals surface area contributed by atoms with E-state index in [9.17, 15) is 8.42 Å². The average molecular weight is 272 g/mol. The maximum absolute atomic E-state index is 12.2. The Hall–Kier alpha value is -0.920. The second kappa shape index (κ2) is 5.38. The number of hydrogen-bond donors (Lipinski definition) is 3. The van der Waals surface area contributed by atoms with Gasteiger partial charge in [-0.15, -0.1) is 0 Å². The lowest BCUT2D eigenvalue weighted by molar-refractivity contribution is 0.296. The van der Waals surface area contributed by atoms with Crippen molar-refractivity contribution in [3.8, 4) is 0 Å². The lowest BCUT2D eigenvalue weighted by atomic mass is 9.85. The lowest BCUT2D eigenvalue weighted by Gasteiger charge is -2.30. The zero-order valence-corrected chi connectivity index (χ0v) is 11.3.